The molecule has 0 spiro atoms. The summed E-state index contributed by atoms with van der Waals surface area (Å²) in [5.41, 5.74) is 3.32. The maximum absolute atomic E-state index is 12.0. The highest BCUT2D eigenvalue weighted by atomic mass is 16.5. The topological polar surface area (TPSA) is 118 Å². The van der Waals surface area contributed by atoms with Crippen molar-refractivity contribution in [1.29, 1.82) is 0 Å². The van der Waals surface area contributed by atoms with Crippen molar-refractivity contribution in [3.05, 3.63) is 54.1 Å². The van der Waals surface area contributed by atoms with Crippen molar-refractivity contribution in [3.8, 4) is 11.5 Å². The highest BCUT2D eigenvalue weighted by Gasteiger charge is 2.16. The smallest absolute Gasteiger partial charge is 0.329 e. The molecule has 0 bridgehead atoms. The molecule has 0 aliphatic heterocycles. The minimum Gasteiger partial charge on any atom is -0.497 e. The van der Waals surface area contributed by atoms with E-state index in [0.717, 1.165) is 25.7 Å². The van der Waals surface area contributed by atoms with Gasteiger partial charge in [-0.3, -0.25) is 14.4 Å². The van der Waals surface area contributed by atoms with Crippen LogP contribution in [0.2, 0.25) is 0 Å². The summed E-state index contributed by atoms with van der Waals surface area (Å²) in [6.45, 7) is -0.0384. The molecule has 3 N–H and O–H groups in total. The predicted octanol–water partition coefficient (Wildman–Crippen LogP) is 2.61. The number of anilines is 1. The van der Waals surface area contributed by atoms with Crippen LogP contribution in [0.1, 0.15) is 37.7 Å². The molecule has 0 unspecified atom stereocenters. The molecule has 2 aromatic rings. The number of carbonyl (C=O) groups is 3. The first-order valence-electron chi connectivity index (χ1n) is 10.8. The minimum atomic E-state index is -0.897. The van der Waals surface area contributed by atoms with Crippen molar-refractivity contribution >= 4 is 29.6 Å². The van der Waals surface area contributed by atoms with Gasteiger partial charge in [0.25, 0.3) is 5.91 Å². The number of methoxy groups -OCH3 is 1. The fraction of sp³-hybridized carbons (Fsp3) is 0.333. The molecule has 2 aromatic carbocycles. The van der Waals surface area contributed by atoms with Crippen LogP contribution in [0.25, 0.3) is 0 Å². The van der Waals surface area contributed by atoms with Crippen LogP contribution in [0.4, 0.5) is 5.69 Å². The summed E-state index contributed by atoms with van der Waals surface area (Å²) in [6.07, 6.45) is 7.00. The third-order valence-electron chi connectivity index (χ3n) is 5.15. The molecule has 1 fully saturated rings. The predicted molar refractivity (Wildman–Crippen MR) is 124 cm³/mol. The molecular weight excluding hydrogens is 424 g/mol. The average molecular weight is 453 g/mol. The molecular formula is C24H28N4O5. The monoisotopic (exact) mass is 452 g/mol. The molecule has 0 heterocycles. The molecule has 174 valence electrons. The van der Waals surface area contributed by atoms with Crippen molar-refractivity contribution in [3.63, 3.8) is 0 Å². The Labute approximate surface area is 192 Å². The van der Waals surface area contributed by atoms with Crippen molar-refractivity contribution in [2.45, 2.75) is 38.1 Å². The zero-order chi connectivity index (χ0) is 23.5. The molecule has 9 nitrogen and oxygen atoms in total. The number of nitrogens with zero attached hydrogens (tertiary/aromatic N) is 1. The first-order chi connectivity index (χ1) is 16.0. The number of hydrogen-bond donors (Lipinski definition) is 3. The lowest BCUT2D eigenvalue weighted by Crippen LogP contribution is -2.38. The van der Waals surface area contributed by atoms with Gasteiger partial charge in [-0.1, -0.05) is 19.3 Å². The van der Waals surface area contributed by atoms with E-state index in [4.69, 9.17) is 9.47 Å². The maximum Gasteiger partial charge on any atom is 0.329 e. The summed E-state index contributed by atoms with van der Waals surface area (Å²) >= 11 is 0. The van der Waals surface area contributed by atoms with Crippen LogP contribution in [0.15, 0.2) is 53.6 Å². The largest absolute Gasteiger partial charge is 0.497 e. The minimum absolute atomic E-state index is 0.0384. The standard InChI is InChI=1S/C24H28N4O5/c1-32-20-13-9-19(10-14-20)27-23(30)24(31)28-25-15-17-7-11-21(12-8-17)33-16-22(29)26-18-5-3-2-4-6-18/h7-15,18H,2-6,16H2,1H3,(H,26,29)(H,27,30)(H,28,31)/b25-15-. The highest BCUT2D eigenvalue weighted by Crippen LogP contribution is 2.17. The Morgan fingerprint density at radius 2 is 1.61 bits per heavy atom. The summed E-state index contributed by atoms with van der Waals surface area (Å²) in [4.78, 5) is 35.8. The summed E-state index contributed by atoms with van der Waals surface area (Å²) in [5.74, 6) is -0.670. The van der Waals surface area contributed by atoms with E-state index in [1.807, 2.05) is 0 Å². The molecule has 1 aliphatic rings. The zero-order valence-corrected chi connectivity index (χ0v) is 18.5. The van der Waals surface area contributed by atoms with Crippen LogP contribution in [0.3, 0.4) is 0 Å². The lowest BCUT2D eigenvalue weighted by atomic mass is 9.95. The Hall–Kier alpha value is -3.88. The maximum atomic E-state index is 12.0. The highest BCUT2D eigenvalue weighted by molar-refractivity contribution is 6.39. The molecule has 0 atom stereocenters. The molecule has 3 rings (SSSR count). The molecule has 1 aliphatic carbocycles. The molecule has 33 heavy (non-hydrogen) atoms. The van der Waals surface area contributed by atoms with Crippen molar-refractivity contribution < 1.29 is 23.9 Å². The third kappa shape index (κ3) is 7.95. The van der Waals surface area contributed by atoms with Crippen molar-refractivity contribution in [2.75, 3.05) is 19.0 Å². The van der Waals surface area contributed by atoms with E-state index in [2.05, 4.69) is 21.2 Å². The number of carbonyl (C=O) groups excluding carboxylic acids is 3. The summed E-state index contributed by atoms with van der Waals surface area (Å²) in [5, 5.41) is 9.26. The Bertz CT molecular complexity index is 967. The lowest BCUT2D eigenvalue weighted by Gasteiger charge is -2.22. The zero-order valence-electron chi connectivity index (χ0n) is 18.5. The second-order valence-corrected chi connectivity index (χ2v) is 7.64. The van der Waals surface area contributed by atoms with Crippen LogP contribution < -0.4 is 25.5 Å². The van der Waals surface area contributed by atoms with Gasteiger partial charge in [0.1, 0.15) is 11.5 Å². The van der Waals surface area contributed by atoms with Gasteiger partial charge in [0.15, 0.2) is 6.61 Å². The number of rotatable bonds is 8. The van der Waals surface area contributed by atoms with E-state index in [9.17, 15) is 14.4 Å². The van der Waals surface area contributed by atoms with Gasteiger partial charge in [0.05, 0.1) is 13.3 Å². The molecule has 0 saturated heterocycles. The van der Waals surface area contributed by atoms with E-state index in [-0.39, 0.29) is 18.6 Å². The van der Waals surface area contributed by atoms with Gasteiger partial charge < -0.3 is 20.1 Å². The van der Waals surface area contributed by atoms with E-state index >= 15 is 0 Å². The van der Waals surface area contributed by atoms with Crippen molar-refractivity contribution in [2.24, 2.45) is 5.10 Å². The first kappa shape index (κ1) is 23.8. The number of benzene rings is 2. The van der Waals surface area contributed by atoms with Gasteiger partial charge in [0, 0.05) is 11.7 Å². The number of nitrogens with one attached hydrogen (secondary N) is 3. The molecule has 9 heteroatoms. The summed E-state index contributed by atoms with van der Waals surface area (Å²) in [6, 6.07) is 13.7. The quantitative estimate of drug-likeness (QED) is 0.323. The van der Waals surface area contributed by atoms with E-state index in [0.29, 0.717) is 22.7 Å². The van der Waals surface area contributed by atoms with Gasteiger partial charge in [-0.05, 0) is 66.9 Å². The average Bonchev–Trinajstić information content (AvgIpc) is 2.84. The van der Waals surface area contributed by atoms with E-state index in [1.54, 1.807) is 48.5 Å². The number of hydrogen-bond acceptors (Lipinski definition) is 6. The fourth-order valence-corrected chi connectivity index (χ4v) is 3.39. The second kappa shape index (κ2) is 12.2. The summed E-state index contributed by atoms with van der Waals surface area (Å²) in [7, 11) is 1.54. The SMILES string of the molecule is COc1ccc(NC(=O)C(=O)N/N=C\c2ccc(OCC(=O)NC3CCCCC3)cc2)cc1. The molecule has 3 amide bonds. The Morgan fingerprint density at radius 3 is 2.27 bits per heavy atom. The first-order valence-corrected chi connectivity index (χ1v) is 10.8. The van der Waals surface area contributed by atoms with Crippen LogP contribution >= 0.6 is 0 Å². The molecule has 1 saturated carbocycles. The van der Waals surface area contributed by atoms with Gasteiger partial charge in [-0.15, -0.1) is 0 Å². The third-order valence-corrected chi connectivity index (χ3v) is 5.15. The van der Waals surface area contributed by atoms with Crippen LogP contribution in [0.5, 0.6) is 11.5 Å². The normalized spacial score (nSPS) is 13.8. The van der Waals surface area contributed by atoms with Gasteiger partial charge >= 0.3 is 11.8 Å². The van der Waals surface area contributed by atoms with Crippen LogP contribution in [-0.4, -0.2) is 43.7 Å². The number of ether oxygens (including phenoxy) is 2. The number of hydrazone groups is 1. The lowest BCUT2D eigenvalue weighted by molar-refractivity contribution is -0.136. The second-order valence-electron chi connectivity index (χ2n) is 7.64. The van der Waals surface area contributed by atoms with Gasteiger partial charge in [0.2, 0.25) is 0 Å². The number of amides is 3. The fourth-order valence-electron chi connectivity index (χ4n) is 3.39. The van der Waals surface area contributed by atoms with Gasteiger partial charge in [-0.25, -0.2) is 5.43 Å². The Balaban J connectivity index is 1.39. The van der Waals surface area contributed by atoms with Crippen LogP contribution in [-0.2, 0) is 14.4 Å². The molecule has 0 radical (unpaired) electrons. The molecule has 0 aromatic heterocycles. The Kier molecular flexibility index (Phi) is 8.81. The van der Waals surface area contributed by atoms with E-state index in [1.165, 1.54) is 19.7 Å². The van der Waals surface area contributed by atoms with Crippen LogP contribution in [0, 0.1) is 0 Å². The van der Waals surface area contributed by atoms with Gasteiger partial charge in [-0.2, -0.15) is 5.10 Å². The summed E-state index contributed by atoms with van der Waals surface area (Å²) < 4.78 is 10.6. The van der Waals surface area contributed by atoms with Crippen molar-refractivity contribution in [1.82, 2.24) is 10.7 Å². The Morgan fingerprint density at radius 1 is 0.939 bits per heavy atom. The van der Waals surface area contributed by atoms with E-state index < -0.39 is 11.8 Å².